The molecule has 0 atom stereocenters. The lowest BCUT2D eigenvalue weighted by atomic mass is 9.96. The van der Waals surface area contributed by atoms with E-state index < -0.39 is 0 Å². The van der Waals surface area contributed by atoms with Crippen LogP contribution >= 0.6 is 0 Å². The highest BCUT2D eigenvalue weighted by Gasteiger charge is 2.26. The molecule has 2 aromatic rings. The van der Waals surface area contributed by atoms with Crippen LogP contribution in [0.25, 0.3) is 5.69 Å². The van der Waals surface area contributed by atoms with Gasteiger partial charge in [0.2, 0.25) is 5.91 Å². The number of rotatable bonds is 3. The number of hydrogen-bond acceptors (Lipinski definition) is 3. The van der Waals surface area contributed by atoms with Crippen LogP contribution in [0.5, 0.6) is 0 Å². The van der Waals surface area contributed by atoms with Gasteiger partial charge in [-0.1, -0.05) is 0 Å². The van der Waals surface area contributed by atoms with E-state index in [-0.39, 0.29) is 17.7 Å². The van der Waals surface area contributed by atoms with Crippen molar-refractivity contribution in [1.82, 2.24) is 14.7 Å². The van der Waals surface area contributed by atoms with Gasteiger partial charge < -0.3 is 10.6 Å². The monoisotopic (exact) mass is 312 g/mol. The summed E-state index contributed by atoms with van der Waals surface area (Å²) in [4.78, 5) is 25.5. The van der Waals surface area contributed by atoms with Gasteiger partial charge in [0.05, 0.1) is 5.69 Å². The van der Waals surface area contributed by atoms with Gasteiger partial charge in [0.25, 0.3) is 5.91 Å². The van der Waals surface area contributed by atoms with Crippen LogP contribution in [-0.2, 0) is 4.79 Å². The van der Waals surface area contributed by atoms with Crippen LogP contribution in [0.2, 0.25) is 0 Å². The fourth-order valence-corrected chi connectivity index (χ4v) is 2.93. The largest absolute Gasteiger partial charge is 0.369 e. The molecule has 0 unspecified atom stereocenters. The topological polar surface area (TPSA) is 81.2 Å². The van der Waals surface area contributed by atoms with E-state index in [0.29, 0.717) is 31.5 Å². The van der Waals surface area contributed by atoms with Crippen molar-refractivity contribution in [2.75, 3.05) is 13.1 Å². The first-order valence-corrected chi connectivity index (χ1v) is 7.76. The Balaban J connectivity index is 1.69. The van der Waals surface area contributed by atoms with Crippen LogP contribution in [0, 0.1) is 12.8 Å². The van der Waals surface area contributed by atoms with E-state index in [9.17, 15) is 9.59 Å². The first kappa shape index (κ1) is 15.3. The summed E-state index contributed by atoms with van der Waals surface area (Å²) in [6.07, 6.45) is 3.04. The Morgan fingerprint density at radius 3 is 2.30 bits per heavy atom. The maximum atomic E-state index is 12.5. The van der Waals surface area contributed by atoms with Crippen molar-refractivity contribution in [3.05, 3.63) is 47.8 Å². The number of carbonyl (C=O) groups excluding carboxylic acids is 2. The maximum Gasteiger partial charge on any atom is 0.253 e. The smallest absolute Gasteiger partial charge is 0.253 e. The third-order valence-electron chi connectivity index (χ3n) is 4.38. The molecule has 0 saturated carbocycles. The summed E-state index contributed by atoms with van der Waals surface area (Å²) in [5.74, 6) is -0.378. The first-order chi connectivity index (χ1) is 11.1. The zero-order valence-electron chi connectivity index (χ0n) is 13.1. The van der Waals surface area contributed by atoms with Gasteiger partial charge in [-0.05, 0) is 50.1 Å². The SMILES string of the molecule is Cc1ccnn1-c1ccc(C(=O)N2CCC(C(N)=O)CC2)cc1. The summed E-state index contributed by atoms with van der Waals surface area (Å²) in [5.41, 5.74) is 7.94. The molecule has 0 spiro atoms. The van der Waals surface area contributed by atoms with E-state index in [0.717, 1.165) is 11.4 Å². The summed E-state index contributed by atoms with van der Waals surface area (Å²) in [6, 6.07) is 9.35. The normalized spacial score (nSPS) is 15.6. The Morgan fingerprint density at radius 2 is 1.78 bits per heavy atom. The Bertz CT molecular complexity index is 712. The fraction of sp³-hybridized carbons (Fsp3) is 0.353. The molecule has 120 valence electrons. The Kier molecular flexibility index (Phi) is 4.14. The van der Waals surface area contributed by atoms with Crippen LogP contribution in [0.3, 0.4) is 0 Å². The molecule has 1 fully saturated rings. The van der Waals surface area contributed by atoms with E-state index in [1.807, 2.05) is 41.9 Å². The lowest BCUT2D eigenvalue weighted by Crippen LogP contribution is -2.41. The van der Waals surface area contributed by atoms with Crippen molar-refractivity contribution in [2.24, 2.45) is 11.7 Å². The molecule has 1 aromatic carbocycles. The van der Waals surface area contributed by atoms with Crippen molar-refractivity contribution in [2.45, 2.75) is 19.8 Å². The molecule has 1 saturated heterocycles. The lowest BCUT2D eigenvalue weighted by Gasteiger charge is -2.30. The summed E-state index contributed by atoms with van der Waals surface area (Å²) in [6.45, 7) is 3.13. The molecule has 0 radical (unpaired) electrons. The zero-order valence-corrected chi connectivity index (χ0v) is 13.1. The zero-order chi connectivity index (χ0) is 16.4. The average Bonchev–Trinajstić information content (AvgIpc) is 3.00. The number of nitrogens with zero attached hydrogens (tertiary/aromatic N) is 3. The second-order valence-electron chi connectivity index (χ2n) is 5.90. The molecule has 6 heteroatoms. The molecule has 23 heavy (non-hydrogen) atoms. The molecule has 2 N–H and O–H groups in total. The molecule has 1 aliphatic heterocycles. The van der Waals surface area contributed by atoms with E-state index in [1.54, 1.807) is 11.1 Å². The van der Waals surface area contributed by atoms with Gasteiger partial charge in [0, 0.05) is 36.5 Å². The minimum atomic E-state index is -0.268. The summed E-state index contributed by atoms with van der Waals surface area (Å²) < 4.78 is 1.83. The minimum absolute atomic E-state index is 0.00309. The number of likely N-dealkylation sites (tertiary alicyclic amines) is 1. The van der Waals surface area contributed by atoms with Gasteiger partial charge in [-0.2, -0.15) is 5.10 Å². The molecule has 2 amide bonds. The minimum Gasteiger partial charge on any atom is -0.369 e. The first-order valence-electron chi connectivity index (χ1n) is 7.76. The number of benzene rings is 1. The molecule has 1 aliphatic rings. The second kappa shape index (κ2) is 6.24. The van der Waals surface area contributed by atoms with Gasteiger partial charge in [0.1, 0.15) is 0 Å². The molecule has 1 aromatic heterocycles. The van der Waals surface area contributed by atoms with Crippen LogP contribution in [0.4, 0.5) is 0 Å². The van der Waals surface area contributed by atoms with Crippen molar-refractivity contribution in [3.8, 4) is 5.69 Å². The van der Waals surface area contributed by atoms with Crippen LogP contribution in [-0.4, -0.2) is 39.6 Å². The predicted octanol–water partition coefficient (Wildman–Crippen LogP) is 1.52. The Labute approximate surface area is 134 Å². The van der Waals surface area contributed by atoms with E-state index in [1.165, 1.54) is 0 Å². The number of amides is 2. The van der Waals surface area contributed by atoms with Crippen LogP contribution < -0.4 is 5.73 Å². The number of piperidine rings is 1. The van der Waals surface area contributed by atoms with Crippen molar-refractivity contribution < 1.29 is 9.59 Å². The number of hydrogen-bond donors (Lipinski definition) is 1. The van der Waals surface area contributed by atoms with E-state index >= 15 is 0 Å². The molecule has 0 aliphatic carbocycles. The predicted molar refractivity (Wildman–Crippen MR) is 86.1 cm³/mol. The lowest BCUT2D eigenvalue weighted by molar-refractivity contribution is -0.123. The quantitative estimate of drug-likeness (QED) is 0.933. The molecule has 2 heterocycles. The summed E-state index contributed by atoms with van der Waals surface area (Å²) >= 11 is 0. The highest BCUT2D eigenvalue weighted by Crippen LogP contribution is 2.19. The van der Waals surface area contributed by atoms with Gasteiger partial charge in [0.15, 0.2) is 0 Å². The van der Waals surface area contributed by atoms with Crippen LogP contribution in [0.15, 0.2) is 36.5 Å². The number of aromatic nitrogens is 2. The molecular formula is C17H20N4O2. The average molecular weight is 312 g/mol. The van der Waals surface area contributed by atoms with Crippen molar-refractivity contribution in [1.29, 1.82) is 0 Å². The summed E-state index contributed by atoms with van der Waals surface area (Å²) in [7, 11) is 0. The van der Waals surface area contributed by atoms with Gasteiger partial charge >= 0.3 is 0 Å². The number of nitrogens with two attached hydrogens (primary N) is 1. The fourth-order valence-electron chi connectivity index (χ4n) is 2.93. The number of carbonyl (C=O) groups is 2. The molecular weight excluding hydrogens is 292 g/mol. The van der Waals surface area contributed by atoms with E-state index in [2.05, 4.69) is 5.10 Å². The molecule has 0 bridgehead atoms. The molecule has 6 nitrogen and oxygen atoms in total. The highest BCUT2D eigenvalue weighted by molar-refractivity contribution is 5.94. The highest BCUT2D eigenvalue weighted by atomic mass is 16.2. The van der Waals surface area contributed by atoms with Crippen LogP contribution in [0.1, 0.15) is 28.9 Å². The third kappa shape index (κ3) is 3.11. The number of aryl methyl sites for hydroxylation is 1. The Hall–Kier alpha value is -2.63. The van der Waals surface area contributed by atoms with E-state index in [4.69, 9.17) is 5.73 Å². The maximum absolute atomic E-state index is 12.5. The van der Waals surface area contributed by atoms with Gasteiger partial charge in [-0.3, -0.25) is 9.59 Å². The molecule has 3 rings (SSSR count). The second-order valence-corrected chi connectivity index (χ2v) is 5.90. The van der Waals surface area contributed by atoms with Gasteiger partial charge in [-0.15, -0.1) is 0 Å². The Morgan fingerprint density at radius 1 is 1.13 bits per heavy atom. The third-order valence-corrected chi connectivity index (χ3v) is 4.38. The standard InChI is InChI=1S/C17H20N4O2/c1-12-6-9-19-21(12)15-4-2-14(3-5-15)17(23)20-10-7-13(8-11-20)16(18)22/h2-6,9,13H,7-8,10-11H2,1H3,(H2,18,22). The van der Waals surface area contributed by atoms with Gasteiger partial charge in [-0.25, -0.2) is 4.68 Å². The van der Waals surface area contributed by atoms with Crippen molar-refractivity contribution >= 4 is 11.8 Å². The van der Waals surface area contributed by atoms with Crippen molar-refractivity contribution in [3.63, 3.8) is 0 Å². The number of primary amides is 1. The summed E-state index contributed by atoms with van der Waals surface area (Å²) in [5, 5.41) is 4.25.